The van der Waals surface area contributed by atoms with E-state index >= 15 is 0 Å². The van der Waals surface area contributed by atoms with E-state index in [1.165, 1.54) is 37.9 Å². The van der Waals surface area contributed by atoms with Gasteiger partial charge in [-0.2, -0.15) is 0 Å². The van der Waals surface area contributed by atoms with Gasteiger partial charge in [-0.3, -0.25) is 19.6 Å². The number of likely N-dealkylation sites (N-methyl/N-ethyl adjacent to an activating group) is 1. The molecule has 264 valence electrons. The van der Waals surface area contributed by atoms with Crippen molar-refractivity contribution in [2.75, 3.05) is 26.7 Å². The number of aldehydes is 1. The third-order valence-corrected chi connectivity index (χ3v) is 14.5. The maximum Gasteiger partial charge on any atom is 0.315 e. The van der Waals surface area contributed by atoms with Gasteiger partial charge in [-0.15, -0.1) is 0 Å². The van der Waals surface area contributed by atoms with Crippen molar-refractivity contribution in [2.45, 2.75) is 124 Å². The number of ether oxygens (including phenoxy) is 1. The quantitative estimate of drug-likeness (QED) is 0.175. The minimum Gasteiger partial charge on any atom is -0.481 e. The van der Waals surface area contributed by atoms with Crippen molar-refractivity contribution in [3.8, 4) is 0 Å². The molecule has 10 atom stereocenters. The van der Waals surface area contributed by atoms with Crippen LogP contribution in [0.2, 0.25) is 0 Å². The second-order valence-electron chi connectivity index (χ2n) is 17.4. The van der Waals surface area contributed by atoms with Crippen LogP contribution in [0.25, 0.3) is 0 Å². The fourth-order valence-corrected chi connectivity index (χ4v) is 12.6. The first-order valence-electron chi connectivity index (χ1n) is 19.5. The monoisotopic (exact) mass is 659 g/mol. The van der Waals surface area contributed by atoms with Crippen molar-refractivity contribution in [3.05, 3.63) is 41.2 Å². The summed E-state index contributed by atoms with van der Waals surface area (Å²) in [5.74, 6) is 0.822. The summed E-state index contributed by atoms with van der Waals surface area (Å²) in [7, 11) is 2.18. The van der Waals surface area contributed by atoms with Crippen LogP contribution in [0.4, 0.5) is 0 Å². The molecule has 7 unspecified atom stereocenters. The summed E-state index contributed by atoms with van der Waals surface area (Å²) in [4.78, 5) is 37.4. The van der Waals surface area contributed by atoms with Gasteiger partial charge in [0.2, 0.25) is 0 Å². The number of carbonyl (C=O) groups excluding carboxylic acids is 1. The highest BCUT2D eigenvalue weighted by atomic mass is 16.5. The first-order valence-corrected chi connectivity index (χ1v) is 19.5. The Labute approximate surface area is 289 Å². The average Bonchev–Trinajstić information content (AvgIpc) is 3.78. The van der Waals surface area contributed by atoms with E-state index in [2.05, 4.69) is 68.9 Å². The van der Waals surface area contributed by atoms with Crippen molar-refractivity contribution >= 4 is 12.3 Å². The Balaban J connectivity index is 1.15. The van der Waals surface area contributed by atoms with Crippen LogP contribution >= 0.6 is 0 Å². The lowest BCUT2D eigenvalue weighted by molar-refractivity contribution is -0.197. The van der Waals surface area contributed by atoms with Gasteiger partial charge in [0.1, 0.15) is 11.7 Å². The number of hydrogen-bond donors (Lipinski definition) is 1. The van der Waals surface area contributed by atoms with E-state index in [0.717, 1.165) is 82.1 Å². The Morgan fingerprint density at radius 1 is 1.19 bits per heavy atom. The standard InChI is InChI=1S/C41H61N3O4/c1-6-7-11-30-18-37(48-36(30)25-43(5)24-32-14-13-29(22-42-32)23-44-16-9-8-10-17-44)40-21-33-28(4)12-15-34(33)39(26-45)20-31(40)19-35(27(2)3)41(39,40)38(46)47/h13-14,19,22,26-28,30-31,33-34,36-37H,6-12,15-18,20-21,23-25H2,1-5H3,(H,46,47)/t28-,30?,31?,33-,34-,36?,37?,39?,40?,41?/m1/s1. The van der Waals surface area contributed by atoms with Gasteiger partial charge >= 0.3 is 5.97 Å². The molecule has 2 saturated heterocycles. The molecule has 7 heteroatoms. The Hall–Kier alpha value is -2.09. The fourth-order valence-electron chi connectivity index (χ4n) is 12.6. The zero-order chi connectivity index (χ0) is 33.8. The Morgan fingerprint density at radius 2 is 1.98 bits per heavy atom. The number of carboxylic acids is 1. The number of carbonyl (C=O) groups is 2. The normalized spacial score (nSPS) is 40.5. The molecular weight excluding hydrogens is 598 g/mol. The van der Waals surface area contributed by atoms with Crippen molar-refractivity contribution < 1.29 is 19.4 Å². The van der Waals surface area contributed by atoms with E-state index < -0.39 is 22.2 Å². The number of carboxylic acid groups (broad SMARTS) is 1. The van der Waals surface area contributed by atoms with Gasteiger partial charge in [0, 0.05) is 31.2 Å². The summed E-state index contributed by atoms with van der Waals surface area (Å²) >= 11 is 0. The number of pyridine rings is 1. The first-order chi connectivity index (χ1) is 23.1. The zero-order valence-electron chi connectivity index (χ0n) is 30.3. The van der Waals surface area contributed by atoms with Crippen LogP contribution in [0.5, 0.6) is 0 Å². The molecule has 4 aliphatic carbocycles. The van der Waals surface area contributed by atoms with E-state index in [1.807, 2.05) is 0 Å². The van der Waals surface area contributed by atoms with E-state index in [9.17, 15) is 14.7 Å². The second-order valence-corrected chi connectivity index (χ2v) is 17.4. The van der Waals surface area contributed by atoms with Crippen molar-refractivity contribution in [3.63, 3.8) is 0 Å². The smallest absolute Gasteiger partial charge is 0.315 e. The summed E-state index contributed by atoms with van der Waals surface area (Å²) in [5.41, 5.74) is 0.797. The number of aliphatic carboxylic acids is 1. The minimum absolute atomic E-state index is 0.0389. The number of piperidine rings is 1. The van der Waals surface area contributed by atoms with Gasteiger partial charge in [0.15, 0.2) is 0 Å². The summed E-state index contributed by atoms with van der Waals surface area (Å²) in [6, 6.07) is 4.43. The van der Waals surface area contributed by atoms with Gasteiger partial charge in [0.25, 0.3) is 0 Å². The van der Waals surface area contributed by atoms with Crippen molar-refractivity contribution in [1.82, 2.24) is 14.8 Å². The Morgan fingerprint density at radius 3 is 2.65 bits per heavy atom. The molecule has 6 aliphatic rings. The molecule has 1 N–H and O–H groups in total. The number of hydrogen-bond acceptors (Lipinski definition) is 6. The second kappa shape index (κ2) is 13.2. The highest BCUT2D eigenvalue weighted by Gasteiger charge is 2.86. The predicted octanol–water partition coefficient (Wildman–Crippen LogP) is 7.39. The molecule has 48 heavy (non-hydrogen) atoms. The molecule has 5 fully saturated rings. The Kier molecular flexibility index (Phi) is 9.47. The third-order valence-electron chi connectivity index (χ3n) is 14.5. The average molecular weight is 660 g/mol. The molecule has 7 nitrogen and oxygen atoms in total. The van der Waals surface area contributed by atoms with Crippen LogP contribution in [0.3, 0.4) is 0 Å². The molecule has 4 bridgehead atoms. The number of nitrogens with zero attached hydrogens (tertiary/aromatic N) is 3. The third kappa shape index (κ3) is 5.10. The topological polar surface area (TPSA) is 83.0 Å². The fraction of sp³-hybridized carbons (Fsp3) is 0.780. The molecule has 3 heterocycles. The number of likely N-dealkylation sites (tertiary alicyclic amines) is 1. The first kappa shape index (κ1) is 34.4. The van der Waals surface area contributed by atoms with Crippen LogP contribution in [-0.4, -0.2) is 71.0 Å². The molecule has 1 aromatic rings. The summed E-state index contributed by atoms with van der Waals surface area (Å²) in [6.07, 6.45) is 17.3. The molecule has 0 radical (unpaired) electrons. The zero-order valence-corrected chi connectivity index (χ0v) is 30.3. The van der Waals surface area contributed by atoms with Crippen molar-refractivity contribution in [2.24, 2.45) is 51.8 Å². The highest BCUT2D eigenvalue weighted by Crippen LogP contribution is 2.84. The molecule has 0 amide bonds. The number of fused-ring (bicyclic) bond motifs is 2. The lowest BCUT2D eigenvalue weighted by Gasteiger charge is -2.60. The van der Waals surface area contributed by atoms with Crippen LogP contribution in [0.15, 0.2) is 30.0 Å². The van der Waals surface area contributed by atoms with Crippen LogP contribution in [0.1, 0.15) is 110 Å². The van der Waals surface area contributed by atoms with Gasteiger partial charge < -0.3 is 14.6 Å². The number of allylic oxidation sites excluding steroid dienone is 1. The summed E-state index contributed by atoms with van der Waals surface area (Å²) in [5, 5.41) is 11.5. The summed E-state index contributed by atoms with van der Waals surface area (Å²) < 4.78 is 7.32. The maximum absolute atomic E-state index is 14.1. The Bertz CT molecular complexity index is 1370. The van der Waals surface area contributed by atoms with Gasteiger partial charge in [0.05, 0.1) is 23.3 Å². The highest BCUT2D eigenvalue weighted by molar-refractivity contribution is 5.90. The number of rotatable bonds is 13. The molecule has 0 aromatic carbocycles. The molecule has 2 aliphatic heterocycles. The lowest BCUT2D eigenvalue weighted by Crippen LogP contribution is -2.65. The molecule has 0 spiro atoms. The van der Waals surface area contributed by atoms with Crippen LogP contribution in [0, 0.1) is 51.8 Å². The predicted molar refractivity (Wildman–Crippen MR) is 188 cm³/mol. The van der Waals surface area contributed by atoms with Gasteiger partial charge in [-0.25, -0.2) is 0 Å². The summed E-state index contributed by atoms with van der Waals surface area (Å²) in [6.45, 7) is 13.8. The van der Waals surface area contributed by atoms with E-state index in [4.69, 9.17) is 9.72 Å². The SMILES string of the molecule is CCCCC1CC(C23C[C@@H]4[C@H](C)CC[C@H]4C4(C=O)CC2C=C(C(C)C)C34C(=O)O)OC1CN(C)Cc1ccc(CN2CCCCC2)cn1. The largest absolute Gasteiger partial charge is 0.481 e. The van der Waals surface area contributed by atoms with Crippen LogP contribution < -0.4 is 0 Å². The van der Waals surface area contributed by atoms with Crippen LogP contribution in [-0.2, 0) is 27.4 Å². The van der Waals surface area contributed by atoms with E-state index in [0.29, 0.717) is 24.2 Å². The van der Waals surface area contributed by atoms with Gasteiger partial charge in [-0.1, -0.05) is 71.1 Å². The lowest BCUT2D eigenvalue weighted by atomic mass is 9.41. The minimum atomic E-state index is -1.17. The molecule has 7 rings (SSSR count). The number of aromatic nitrogens is 1. The molecule has 3 saturated carbocycles. The molecule has 1 aromatic heterocycles. The molecular formula is C41H61N3O4. The number of unbranched alkanes of at least 4 members (excludes halogenated alkanes) is 1. The van der Waals surface area contributed by atoms with E-state index in [1.54, 1.807) is 0 Å². The van der Waals surface area contributed by atoms with Crippen molar-refractivity contribution in [1.29, 1.82) is 0 Å². The van der Waals surface area contributed by atoms with Gasteiger partial charge in [-0.05, 0) is 112 Å². The maximum atomic E-state index is 14.1. The van der Waals surface area contributed by atoms with E-state index in [-0.39, 0.29) is 30.0 Å².